The average molecular weight is 387 g/mol. The Morgan fingerprint density at radius 3 is 2.33 bits per heavy atom. The smallest absolute Gasteiger partial charge is 0.335 e. The summed E-state index contributed by atoms with van der Waals surface area (Å²) in [6, 6.07) is 8.18. The summed E-state index contributed by atoms with van der Waals surface area (Å²) in [7, 11) is 0. The lowest BCUT2D eigenvalue weighted by Gasteiger charge is -2.26. The summed E-state index contributed by atoms with van der Waals surface area (Å²) in [4.78, 5) is 48.5. The Kier molecular flexibility index (Phi) is 4.66. The van der Waals surface area contributed by atoms with Gasteiger partial charge in [0.1, 0.15) is 11.3 Å². The van der Waals surface area contributed by atoms with E-state index in [4.69, 9.17) is 16.7 Å². The van der Waals surface area contributed by atoms with Crippen molar-refractivity contribution < 1.29 is 29.4 Å². The number of carboxylic acids is 1. The molecule has 3 N–H and O–H groups in total. The van der Waals surface area contributed by atoms with Gasteiger partial charge in [-0.15, -0.1) is 0 Å². The number of imide groups is 2. The molecule has 0 bridgehead atoms. The number of rotatable bonds is 3. The van der Waals surface area contributed by atoms with Gasteiger partial charge in [-0.3, -0.25) is 14.9 Å². The number of hydrogen-bond donors (Lipinski definition) is 3. The highest BCUT2D eigenvalue weighted by molar-refractivity contribution is 6.39. The fourth-order valence-corrected chi connectivity index (χ4v) is 2.61. The van der Waals surface area contributed by atoms with Gasteiger partial charge in [-0.1, -0.05) is 17.7 Å². The predicted octanol–water partition coefficient (Wildman–Crippen LogP) is 2.41. The molecule has 1 fully saturated rings. The molecule has 1 saturated heterocycles. The van der Waals surface area contributed by atoms with Crippen LogP contribution >= 0.6 is 11.6 Å². The third-order valence-corrected chi connectivity index (χ3v) is 4.06. The Morgan fingerprint density at radius 2 is 1.74 bits per heavy atom. The van der Waals surface area contributed by atoms with Gasteiger partial charge in [0.05, 0.1) is 16.3 Å². The summed E-state index contributed by atoms with van der Waals surface area (Å²) >= 11 is 5.82. The van der Waals surface area contributed by atoms with E-state index in [1.54, 1.807) is 0 Å². The molecule has 1 aliphatic rings. The Balaban J connectivity index is 1.99. The molecule has 0 atom stereocenters. The van der Waals surface area contributed by atoms with E-state index in [0.717, 1.165) is 4.90 Å². The van der Waals surface area contributed by atoms with Crippen molar-refractivity contribution in [1.82, 2.24) is 5.32 Å². The maximum Gasteiger partial charge on any atom is 0.335 e. The third-order valence-electron chi connectivity index (χ3n) is 3.76. The van der Waals surface area contributed by atoms with E-state index in [1.807, 2.05) is 0 Å². The second-order valence-corrected chi connectivity index (χ2v) is 5.93. The topological polar surface area (TPSA) is 124 Å². The molecule has 2 aromatic carbocycles. The number of anilines is 1. The molecule has 27 heavy (non-hydrogen) atoms. The van der Waals surface area contributed by atoms with Crippen molar-refractivity contribution in [3.63, 3.8) is 0 Å². The number of aromatic carboxylic acids is 1. The van der Waals surface area contributed by atoms with Crippen LogP contribution in [0, 0.1) is 0 Å². The number of phenolic OH excluding ortho intramolecular Hbond substituents is 1. The number of benzene rings is 2. The van der Waals surface area contributed by atoms with Crippen molar-refractivity contribution in [3.05, 3.63) is 64.2 Å². The van der Waals surface area contributed by atoms with Crippen molar-refractivity contribution >= 4 is 47.2 Å². The lowest BCUT2D eigenvalue weighted by Crippen LogP contribution is -2.54. The van der Waals surface area contributed by atoms with Gasteiger partial charge in [0.25, 0.3) is 11.8 Å². The largest absolute Gasteiger partial charge is 0.506 e. The summed E-state index contributed by atoms with van der Waals surface area (Å²) < 4.78 is 0. The number of hydrogen-bond acceptors (Lipinski definition) is 5. The lowest BCUT2D eigenvalue weighted by atomic mass is 10.1. The van der Waals surface area contributed by atoms with Crippen molar-refractivity contribution in [2.75, 3.05) is 4.90 Å². The Hall–Kier alpha value is -3.65. The number of phenols is 1. The molecule has 0 aromatic heterocycles. The zero-order valence-electron chi connectivity index (χ0n) is 13.5. The number of carbonyl (C=O) groups is 4. The average Bonchev–Trinajstić information content (AvgIpc) is 2.62. The van der Waals surface area contributed by atoms with Crippen LogP contribution in [0.25, 0.3) is 6.08 Å². The van der Waals surface area contributed by atoms with E-state index < -0.39 is 23.8 Å². The van der Waals surface area contributed by atoms with Gasteiger partial charge < -0.3 is 10.2 Å². The van der Waals surface area contributed by atoms with Crippen LogP contribution in [0.4, 0.5) is 10.5 Å². The minimum Gasteiger partial charge on any atom is -0.506 e. The van der Waals surface area contributed by atoms with Gasteiger partial charge >= 0.3 is 12.0 Å². The van der Waals surface area contributed by atoms with Crippen LogP contribution in [0.15, 0.2) is 48.0 Å². The van der Waals surface area contributed by atoms with Crippen LogP contribution in [0.2, 0.25) is 5.02 Å². The van der Waals surface area contributed by atoms with Crippen LogP contribution in [0.5, 0.6) is 5.75 Å². The van der Waals surface area contributed by atoms with Gasteiger partial charge in [0.15, 0.2) is 0 Å². The molecule has 4 amide bonds. The molecular formula is C18H11ClN2O6. The van der Waals surface area contributed by atoms with E-state index in [1.165, 1.54) is 48.5 Å². The lowest BCUT2D eigenvalue weighted by molar-refractivity contribution is -0.122. The number of nitrogens with zero attached hydrogens (tertiary/aromatic N) is 1. The van der Waals surface area contributed by atoms with Crippen LogP contribution in [-0.4, -0.2) is 34.0 Å². The normalized spacial score (nSPS) is 15.8. The third kappa shape index (κ3) is 3.51. The van der Waals surface area contributed by atoms with Crippen LogP contribution in [-0.2, 0) is 9.59 Å². The standard InChI is InChI=1S/C18H11ClN2O6/c19-13-8-9(1-6-14(13)22)7-12-15(23)20-18(27)21(16(12)24)11-4-2-10(3-5-11)17(25)26/h1-8,22H,(H,25,26)(H,20,23,27)/b12-7+. The number of carboxylic acid groups (broad SMARTS) is 1. The first-order valence-corrected chi connectivity index (χ1v) is 7.89. The van der Waals surface area contributed by atoms with Crippen LogP contribution in [0.3, 0.4) is 0 Å². The summed E-state index contributed by atoms with van der Waals surface area (Å²) in [5.74, 6) is -3.08. The summed E-state index contributed by atoms with van der Waals surface area (Å²) in [6.45, 7) is 0. The number of urea groups is 1. The van der Waals surface area contributed by atoms with Gasteiger partial charge in [0.2, 0.25) is 0 Å². The van der Waals surface area contributed by atoms with Crippen molar-refractivity contribution in [3.8, 4) is 5.75 Å². The van der Waals surface area contributed by atoms with Crippen LogP contribution < -0.4 is 10.2 Å². The van der Waals surface area contributed by atoms with E-state index in [-0.39, 0.29) is 27.6 Å². The number of halogens is 1. The first-order valence-electron chi connectivity index (χ1n) is 7.51. The molecule has 0 aliphatic carbocycles. The summed E-state index contributed by atoms with van der Waals surface area (Å²) in [5.41, 5.74) is 0.129. The second kappa shape index (κ2) is 6.93. The molecule has 9 heteroatoms. The molecule has 1 aliphatic heterocycles. The van der Waals surface area contributed by atoms with Crippen molar-refractivity contribution in [2.45, 2.75) is 0 Å². The van der Waals surface area contributed by atoms with Gasteiger partial charge in [0, 0.05) is 0 Å². The fourth-order valence-electron chi connectivity index (χ4n) is 2.42. The number of carbonyl (C=O) groups excluding carboxylic acids is 3. The first kappa shape index (κ1) is 18.2. The zero-order valence-corrected chi connectivity index (χ0v) is 14.2. The Morgan fingerprint density at radius 1 is 1.07 bits per heavy atom. The molecule has 0 unspecified atom stereocenters. The predicted molar refractivity (Wildman–Crippen MR) is 95.5 cm³/mol. The summed E-state index contributed by atoms with van der Waals surface area (Å²) in [5, 5.41) is 20.5. The quantitative estimate of drug-likeness (QED) is 0.549. The minimum absolute atomic E-state index is 0.0193. The number of amides is 4. The fraction of sp³-hybridized carbons (Fsp3) is 0. The van der Waals surface area contributed by atoms with Gasteiger partial charge in [-0.2, -0.15) is 0 Å². The number of aromatic hydroxyl groups is 1. The minimum atomic E-state index is -1.16. The van der Waals surface area contributed by atoms with E-state index in [9.17, 15) is 24.3 Å². The zero-order chi connectivity index (χ0) is 19.7. The summed E-state index contributed by atoms with van der Waals surface area (Å²) in [6.07, 6.45) is 1.23. The molecule has 8 nitrogen and oxygen atoms in total. The molecule has 1 heterocycles. The van der Waals surface area contributed by atoms with Gasteiger partial charge in [-0.05, 0) is 48.0 Å². The molecule has 3 rings (SSSR count). The Labute approximate surface area is 157 Å². The molecule has 0 radical (unpaired) electrons. The molecule has 2 aromatic rings. The first-order chi connectivity index (χ1) is 12.8. The highest BCUT2D eigenvalue weighted by Crippen LogP contribution is 2.26. The molecular weight excluding hydrogens is 376 g/mol. The van der Waals surface area contributed by atoms with Crippen LogP contribution in [0.1, 0.15) is 15.9 Å². The number of nitrogens with one attached hydrogen (secondary N) is 1. The maximum absolute atomic E-state index is 12.7. The highest BCUT2D eigenvalue weighted by Gasteiger charge is 2.36. The highest BCUT2D eigenvalue weighted by atomic mass is 35.5. The molecule has 0 spiro atoms. The second-order valence-electron chi connectivity index (χ2n) is 5.52. The monoisotopic (exact) mass is 386 g/mol. The SMILES string of the molecule is O=C1NC(=O)N(c2ccc(C(=O)O)cc2)C(=O)/C1=C/c1ccc(O)c(Cl)c1. The van der Waals surface area contributed by atoms with E-state index >= 15 is 0 Å². The van der Waals surface area contributed by atoms with Crippen molar-refractivity contribution in [2.24, 2.45) is 0 Å². The molecule has 0 saturated carbocycles. The van der Waals surface area contributed by atoms with E-state index in [0.29, 0.717) is 5.56 Å². The van der Waals surface area contributed by atoms with E-state index in [2.05, 4.69) is 5.32 Å². The van der Waals surface area contributed by atoms with Crippen molar-refractivity contribution in [1.29, 1.82) is 0 Å². The maximum atomic E-state index is 12.7. The van der Waals surface area contributed by atoms with Gasteiger partial charge in [-0.25, -0.2) is 14.5 Å². The molecule has 136 valence electrons. The Bertz CT molecular complexity index is 1010. The number of barbiturate groups is 1.